The lowest BCUT2D eigenvalue weighted by Gasteiger charge is -2.20. The maximum atomic E-state index is 13.0. The summed E-state index contributed by atoms with van der Waals surface area (Å²) < 4.78 is 38.9. The van der Waals surface area contributed by atoms with Crippen LogP contribution < -0.4 is 10.6 Å². The van der Waals surface area contributed by atoms with Gasteiger partial charge < -0.3 is 15.6 Å². The zero-order chi connectivity index (χ0) is 15.3. The second kappa shape index (κ2) is 6.34. The number of carbonyl (C=O) groups is 1. The summed E-state index contributed by atoms with van der Waals surface area (Å²) in [6.07, 6.45) is -3.02. The molecular weight excluding hydrogens is 283 g/mol. The third-order valence-corrected chi connectivity index (χ3v) is 2.89. The Balaban J connectivity index is 1.95. The minimum atomic E-state index is -4.44. The van der Waals surface area contributed by atoms with Crippen molar-refractivity contribution >= 4 is 11.7 Å². The van der Waals surface area contributed by atoms with E-state index in [0.29, 0.717) is 5.69 Å². The molecule has 2 amide bonds. The first-order valence-electron chi connectivity index (χ1n) is 6.26. The van der Waals surface area contributed by atoms with Gasteiger partial charge >= 0.3 is 12.2 Å². The third kappa shape index (κ3) is 4.27. The number of H-pyrrole nitrogens is 1. The zero-order valence-corrected chi connectivity index (χ0v) is 10.9. The Kier molecular flexibility index (Phi) is 4.52. The first-order chi connectivity index (χ1) is 9.97. The normalized spacial score (nSPS) is 12.7. The standard InChI is InChI=1S/C14H14F3N3O/c15-14(16,17)11(12-7-4-8-18-12)9-19-13(21)20-10-5-2-1-3-6-10/h1-8,11,18H,9H2,(H2,19,20,21)/t11-/m1/s1. The number of aromatic nitrogens is 1. The van der Waals surface area contributed by atoms with Crippen molar-refractivity contribution < 1.29 is 18.0 Å². The SMILES string of the molecule is O=C(NC[C@H](c1ccc[nH]1)C(F)(F)F)Nc1ccccc1. The van der Waals surface area contributed by atoms with E-state index in [4.69, 9.17) is 0 Å². The van der Waals surface area contributed by atoms with Gasteiger partial charge in [0, 0.05) is 24.1 Å². The lowest BCUT2D eigenvalue weighted by Crippen LogP contribution is -2.37. The number of halogens is 3. The van der Waals surface area contributed by atoms with E-state index in [2.05, 4.69) is 15.6 Å². The molecule has 1 aromatic heterocycles. The summed E-state index contributed by atoms with van der Waals surface area (Å²) in [5.41, 5.74) is 0.529. The molecule has 0 bridgehead atoms. The highest BCUT2D eigenvalue weighted by molar-refractivity contribution is 5.89. The molecule has 4 nitrogen and oxygen atoms in total. The van der Waals surface area contributed by atoms with Crippen molar-refractivity contribution in [1.82, 2.24) is 10.3 Å². The summed E-state index contributed by atoms with van der Waals surface area (Å²) in [7, 11) is 0. The van der Waals surface area contributed by atoms with Crippen LogP contribution in [0.1, 0.15) is 11.6 Å². The lowest BCUT2D eigenvalue weighted by molar-refractivity contribution is -0.149. The van der Waals surface area contributed by atoms with E-state index in [1.807, 2.05) is 0 Å². The van der Waals surface area contributed by atoms with Crippen LogP contribution in [0.4, 0.5) is 23.7 Å². The number of hydrogen-bond acceptors (Lipinski definition) is 1. The van der Waals surface area contributed by atoms with Gasteiger partial charge in [-0.2, -0.15) is 13.2 Å². The molecule has 0 saturated carbocycles. The second-order valence-electron chi connectivity index (χ2n) is 4.42. The minimum Gasteiger partial charge on any atom is -0.364 e. The number of benzene rings is 1. The highest BCUT2D eigenvalue weighted by atomic mass is 19.4. The quantitative estimate of drug-likeness (QED) is 0.795. The first-order valence-corrected chi connectivity index (χ1v) is 6.26. The van der Waals surface area contributed by atoms with Crippen LogP contribution in [0, 0.1) is 0 Å². The van der Waals surface area contributed by atoms with Gasteiger partial charge in [-0.05, 0) is 24.3 Å². The van der Waals surface area contributed by atoms with Crippen LogP contribution in [0.3, 0.4) is 0 Å². The third-order valence-electron chi connectivity index (χ3n) is 2.89. The van der Waals surface area contributed by atoms with Crippen LogP contribution in [-0.4, -0.2) is 23.7 Å². The Hall–Kier alpha value is -2.44. The van der Waals surface area contributed by atoms with E-state index >= 15 is 0 Å². The van der Waals surface area contributed by atoms with E-state index in [1.54, 1.807) is 30.3 Å². The Bertz CT molecular complexity index is 567. The average molecular weight is 297 g/mol. The number of hydrogen-bond donors (Lipinski definition) is 3. The summed E-state index contributed by atoms with van der Waals surface area (Å²) in [6, 6.07) is 10.6. The van der Waals surface area contributed by atoms with Gasteiger partial charge in [0.05, 0.1) is 0 Å². The van der Waals surface area contributed by atoms with Crippen LogP contribution in [0.5, 0.6) is 0 Å². The number of alkyl halides is 3. The molecule has 3 N–H and O–H groups in total. The molecule has 0 aliphatic heterocycles. The van der Waals surface area contributed by atoms with Crippen LogP contribution in [0.25, 0.3) is 0 Å². The van der Waals surface area contributed by atoms with Crippen molar-refractivity contribution in [3.05, 3.63) is 54.4 Å². The summed E-state index contributed by atoms with van der Waals surface area (Å²) in [5.74, 6) is -1.77. The van der Waals surface area contributed by atoms with Crippen LogP contribution in [0.15, 0.2) is 48.7 Å². The number of nitrogens with one attached hydrogen (secondary N) is 3. The number of aromatic amines is 1. The number of rotatable bonds is 4. The Morgan fingerprint density at radius 2 is 1.86 bits per heavy atom. The molecule has 0 spiro atoms. The molecule has 0 aliphatic rings. The topological polar surface area (TPSA) is 56.9 Å². The van der Waals surface area contributed by atoms with Crippen molar-refractivity contribution in [2.75, 3.05) is 11.9 Å². The van der Waals surface area contributed by atoms with Gasteiger partial charge in [-0.3, -0.25) is 0 Å². The van der Waals surface area contributed by atoms with E-state index in [1.165, 1.54) is 18.3 Å². The van der Waals surface area contributed by atoms with E-state index in [9.17, 15) is 18.0 Å². The van der Waals surface area contributed by atoms with Gasteiger partial charge in [-0.15, -0.1) is 0 Å². The molecular formula is C14H14F3N3O. The molecule has 2 rings (SSSR count). The molecule has 0 saturated heterocycles. The minimum absolute atomic E-state index is 0.0162. The van der Waals surface area contributed by atoms with Crippen molar-refractivity contribution in [3.63, 3.8) is 0 Å². The zero-order valence-electron chi connectivity index (χ0n) is 10.9. The van der Waals surface area contributed by atoms with Gasteiger partial charge in [0.15, 0.2) is 0 Å². The fourth-order valence-electron chi connectivity index (χ4n) is 1.85. The molecule has 1 atom stereocenters. The predicted molar refractivity (Wildman–Crippen MR) is 73.1 cm³/mol. The number of carbonyl (C=O) groups excluding carboxylic acids is 1. The van der Waals surface area contributed by atoms with Gasteiger partial charge in [0.25, 0.3) is 0 Å². The first kappa shape index (κ1) is 15.0. The predicted octanol–water partition coefficient (Wildman–Crippen LogP) is 3.48. The maximum Gasteiger partial charge on any atom is 0.398 e. The molecule has 1 aromatic carbocycles. The van der Waals surface area contributed by atoms with E-state index in [0.717, 1.165) is 0 Å². The fraction of sp³-hybridized carbons (Fsp3) is 0.214. The van der Waals surface area contributed by atoms with Crippen molar-refractivity contribution in [2.24, 2.45) is 0 Å². The highest BCUT2D eigenvalue weighted by Crippen LogP contribution is 2.33. The Morgan fingerprint density at radius 3 is 2.43 bits per heavy atom. The molecule has 1 heterocycles. The summed E-state index contributed by atoms with van der Waals surface area (Å²) >= 11 is 0. The largest absolute Gasteiger partial charge is 0.398 e. The lowest BCUT2D eigenvalue weighted by atomic mass is 10.1. The van der Waals surface area contributed by atoms with Crippen LogP contribution >= 0.6 is 0 Å². The summed E-state index contributed by atoms with van der Waals surface area (Å²) in [6.45, 7) is -0.539. The molecule has 0 aliphatic carbocycles. The summed E-state index contributed by atoms with van der Waals surface area (Å²) in [4.78, 5) is 14.1. The van der Waals surface area contributed by atoms with Gasteiger partial charge in [-0.25, -0.2) is 4.79 Å². The average Bonchev–Trinajstić information content (AvgIpc) is 2.92. The van der Waals surface area contributed by atoms with Crippen LogP contribution in [-0.2, 0) is 0 Å². The Morgan fingerprint density at radius 1 is 1.14 bits per heavy atom. The summed E-state index contributed by atoms with van der Waals surface area (Å²) in [5, 5.41) is 4.70. The number of amides is 2. The van der Waals surface area contributed by atoms with Crippen molar-refractivity contribution in [3.8, 4) is 0 Å². The van der Waals surface area contributed by atoms with Gasteiger partial charge in [-0.1, -0.05) is 18.2 Å². The molecule has 0 unspecified atom stereocenters. The number of para-hydroxylation sites is 1. The van der Waals surface area contributed by atoms with Gasteiger partial charge in [0.2, 0.25) is 0 Å². The van der Waals surface area contributed by atoms with Gasteiger partial charge in [0.1, 0.15) is 5.92 Å². The second-order valence-corrected chi connectivity index (χ2v) is 4.42. The smallest absolute Gasteiger partial charge is 0.364 e. The van der Waals surface area contributed by atoms with Crippen molar-refractivity contribution in [1.29, 1.82) is 0 Å². The molecule has 7 heteroatoms. The maximum absolute atomic E-state index is 13.0. The molecule has 112 valence electrons. The van der Waals surface area contributed by atoms with E-state index in [-0.39, 0.29) is 5.69 Å². The van der Waals surface area contributed by atoms with Crippen molar-refractivity contribution in [2.45, 2.75) is 12.1 Å². The number of anilines is 1. The Labute approximate surface area is 119 Å². The highest BCUT2D eigenvalue weighted by Gasteiger charge is 2.41. The van der Waals surface area contributed by atoms with E-state index < -0.39 is 24.7 Å². The van der Waals surface area contributed by atoms with Crippen LogP contribution in [0.2, 0.25) is 0 Å². The fourth-order valence-corrected chi connectivity index (χ4v) is 1.85. The molecule has 0 radical (unpaired) electrons. The monoisotopic (exact) mass is 297 g/mol. The molecule has 21 heavy (non-hydrogen) atoms. The molecule has 0 fully saturated rings. The number of urea groups is 1. The molecule has 2 aromatic rings.